The van der Waals surface area contributed by atoms with E-state index < -0.39 is 0 Å². The number of ether oxygens (including phenoxy) is 1. The monoisotopic (exact) mass is 331 g/mol. The van der Waals surface area contributed by atoms with Crippen LogP contribution in [0.3, 0.4) is 0 Å². The Bertz CT molecular complexity index is 738. The Morgan fingerprint density at radius 3 is 2.00 bits per heavy atom. The van der Waals surface area contributed by atoms with Gasteiger partial charge in [0, 0.05) is 6.54 Å². The first kappa shape index (κ1) is 17.2. The molecule has 2 heteroatoms. The molecule has 0 saturated heterocycles. The van der Waals surface area contributed by atoms with Crippen molar-refractivity contribution in [3.8, 4) is 11.5 Å². The maximum Gasteiger partial charge on any atom is 0.127 e. The third kappa shape index (κ3) is 5.77. The number of rotatable bonds is 8. The van der Waals surface area contributed by atoms with Crippen LogP contribution in [-0.4, -0.2) is 6.54 Å². The summed E-state index contributed by atoms with van der Waals surface area (Å²) in [6.07, 6.45) is 1.06. The van der Waals surface area contributed by atoms with Gasteiger partial charge in [0.1, 0.15) is 11.5 Å². The van der Waals surface area contributed by atoms with Gasteiger partial charge in [-0.25, -0.2) is 0 Å². The van der Waals surface area contributed by atoms with Crippen LogP contribution in [0.25, 0.3) is 0 Å². The van der Waals surface area contributed by atoms with Crippen LogP contribution in [0.1, 0.15) is 18.1 Å². The van der Waals surface area contributed by atoms with Crippen LogP contribution in [0.5, 0.6) is 11.5 Å². The summed E-state index contributed by atoms with van der Waals surface area (Å²) >= 11 is 0. The molecular weight excluding hydrogens is 306 g/mol. The molecule has 1 unspecified atom stereocenters. The van der Waals surface area contributed by atoms with Gasteiger partial charge in [-0.1, -0.05) is 67.6 Å². The summed E-state index contributed by atoms with van der Waals surface area (Å²) in [5.74, 6) is 2.34. The summed E-state index contributed by atoms with van der Waals surface area (Å²) in [5.41, 5.74) is 2.67. The Hall–Kier alpha value is -2.58. The van der Waals surface area contributed by atoms with Crippen molar-refractivity contribution >= 4 is 0 Å². The van der Waals surface area contributed by atoms with Crippen LogP contribution < -0.4 is 10.1 Å². The predicted molar refractivity (Wildman–Crippen MR) is 104 cm³/mol. The van der Waals surface area contributed by atoms with Gasteiger partial charge in [-0.3, -0.25) is 0 Å². The maximum absolute atomic E-state index is 5.84. The van der Waals surface area contributed by atoms with Gasteiger partial charge in [0.2, 0.25) is 0 Å². The highest BCUT2D eigenvalue weighted by molar-refractivity contribution is 5.33. The van der Waals surface area contributed by atoms with Gasteiger partial charge in [0.25, 0.3) is 0 Å². The van der Waals surface area contributed by atoms with Gasteiger partial charge >= 0.3 is 0 Å². The van der Waals surface area contributed by atoms with E-state index in [1.165, 1.54) is 11.1 Å². The van der Waals surface area contributed by atoms with E-state index in [4.69, 9.17) is 4.74 Å². The Morgan fingerprint density at radius 2 is 1.32 bits per heavy atom. The summed E-state index contributed by atoms with van der Waals surface area (Å²) in [7, 11) is 0. The molecule has 3 aromatic carbocycles. The van der Waals surface area contributed by atoms with Gasteiger partial charge in [-0.15, -0.1) is 0 Å². The third-order valence-corrected chi connectivity index (χ3v) is 4.15. The Morgan fingerprint density at radius 1 is 0.720 bits per heavy atom. The molecule has 1 N–H and O–H groups in total. The van der Waals surface area contributed by atoms with Crippen molar-refractivity contribution in [1.29, 1.82) is 0 Å². The van der Waals surface area contributed by atoms with Gasteiger partial charge in [-0.2, -0.15) is 0 Å². The highest BCUT2D eigenvalue weighted by atomic mass is 16.5. The normalized spacial score (nSPS) is 11.9. The largest absolute Gasteiger partial charge is 0.457 e. The van der Waals surface area contributed by atoms with E-state index in [9.17, 15) is 0 Å². The lowest BCUT2D eigenvalue weighted by molar-refractivity contribution is 0.481. The SMILES string of the molecule is CC(CNCc1ccccc1)Cc1ccc(Oc2ccccc2)cc1. The number of hydrogen-bond acceptors (Lipinski definition) is 2. The van der Waals surface area contributed by atoms with E-state index in [1.54, 1.807) is 0 Å². The van der Waals surface area contributed by atoms with Crippen molar-refractivity contribution in [2.45, 2.75) is 19.9 Å². The van der Waals surface area contributed by atoms with Crippen LogP contribution >= 0.6 is 0 Å². The van der Waals surface area contributed by atoms with Crippen molar-refractivity contribution in [1.82, 2.24) is 5.32 Å². The minimum absolute atomic E-state index is 0.588. The van der Waals surface area contributed by atoms with Gasteiger partial charge in [0.05, 0.1) is 0 Å². The van der Waals surface area contributed by atoms with Crippen molar-refractivity contribution in [3.63, 3.8) is 0 Å². The predicted octanol–water partition coefficient (Wildman–Crippen LogP) is 5.45. The zero-order valence-electron chi connectivity index (χ0n) is 14.7. The second-order valence-corrected chi connectivity index (χ2v) is 6.48. The van der Waals surface area contributed by atoms with Crippen LogP contribution in [0, 0.1) is 5.92 Å². The molecule has 25 heavy (non-hydrogen) atoms. The van der Waals surface area contributed by atoms with Gasteiger partial charge in [-0.05, 0) is 54.3 Å². The summed E-state index contributed by atoms with van der Waals surface area (Å²) < 4.78 is 5.84. The lowest BCUT2D eigenvalue weighted by Crippen LogP contribution is -2.22. The van der Waals surface area contributed by atoms with E-state index in [1.807, 2.05) is 42.5 Å². The molecule has 0 amide bonds. The Balaban J connectivity index is 1.44. The van der Waals surface area contributed by atoms with E-state index in [0.29, 0.717) is 5.92 Å². The quantitative estimate of drug-likeness (QED) is 0.593. The molecule has 128 valence electrons. The first-order valence-electron chi connectivity index (χ1n) is 8.86. The molecule has 0 radical (unpaired) electrons. The van der Waals surface area contributed by atoms with Crippen LogP contribution in [0.2, 0.25) is 0 Å². The second kappa shape index (κ2) is 9.05. The summed E-state index contributed by atoms with van der Waals surface area (Å²) in [6.45, 7) is 4.22. The molecule has 0 aliphatic heterocycles. The molecule has 1 atom stereocenters. The minimum atomic E-state index is 0.588. The van der Waals surface area contributed by atoms with Crippen molar-refractivity contribution < 1.29 is 4.74 Å². The standard InChI is InChI=1S/C23H25NO/c1-19(17-24-18-21-8-4-2-5-9-21)16-20-12-14-23(15-13-20)25-22-10-6-3-7-11-22/h2-15,19,24H,16-18H2,1H3. The van der Waals surface area contributed by atoms with Gasteiger partial charge in [0.15, 0.2) is 0 Å². The fraction of sp³-hybridized carbons (Fsp3) is 0.217. The third-order valence-electron chi connectivity index (χ3n) is 4.15. The second-order valence-electron chi connectivity index (χ2n) is 6.48. The molecule has 0 bridgehead atoms. The van der Waals surface area contributed by atoms with Gasteiger partial charge < -0.3 is 10.1 Å². The molecule has 0 heterocycles. The molecule has 0 aliphatic rings. The highest BCUT2D eigenvalue weighted by Gasteiger charge is 2.04. The average Bonchev–Trinajstić information content (AvgIpc) is 2.65. The highest BCUT2D eigenvalue weighted by Crippen LogP contribution is 2.21. The smallest absolute Gasteiger partial charge is 0.127 e. The topological polar surface area (TPSA) is 21.3 Å². The number of benzene rings is 3. The molecule has 0 saturated carbocycles. The van der Waals surface area contributed by atoms with E-state index in [2.05, 4.69) is 54.7 Å². The van der Waals surface area contributed by atoms with Crippen molar-refractivity contribution in [2.24, 2.45) is 5.92 Å². The molecule has 3 rings (SSSR count). The number of para-hydroxylation sites is 1. The molecule has 0 aromatic heterocycles. The van der Waals surface area contributed by atoms with E-state index in [-0.39, 0.29) is 0 Å². The van der Waals surface area contributed by atoms with E-state index >= 15 is 0 Å². The summed E-state index contributed by atoms with van der Waals surface area (Å²) in [6, 6.07) is 28.8. The fourth-order valence-electron chi connectivity index (χ4n) is 2.85. The molecule has 0 aliphatic carbocycles. The van der Waals surface area contributed by atoms with Crippen molar-refractivity contribution in [2.75, 3.05) is 6.54 Å². The molecular formula is C23H25NO. The van der Waals surface area contributed by atoms with Crippen LogP contribution in [-0.2, 0) is 13.0 Å². The summed E-state index contributed by atoms with van der Waals surface area (Å²) in [4.78, 5) is 0. The number of nitrogens with one attached hydrogen (secondary N) is 1. The summed E-state index contributed by atoms with van der Waals surface area (Å²) in [5, 5.41) is 3.54. The van der Waals surface area contributed by atoms with Crippen molar-refractivity contribution in [3.05, 3.63) is 96.1 Å². The fourth-order valence-corrected chi connectivity index (χ4v) is 2.85. The molecule has 0 fully saturated rings. The van der Waals surface area contributed by atoms with Crippen LogP contribution in [0.15, 0.2) is 84.9 Å². The Kier molecular flexibility index (Phi) is 6.24. The first-order chi connectivity index (χ1) is 12.3. The number of hydrogen-bond donors (Lipinski definition) is 1. The minimum Gasteiger partial charge on any atom is -0.457 e. The first-order valence-corrected chi connectivity index (χ1v) is 8.86. The Labute approximate surface area is 150 Å². The average molecular weight is 331 g/mol. The zero-order chi connectivity index (χ0) is 17.3. The molecule has 2 nitrogen and oxygen atoms in total. The van der Waals surface area contributed by atoms with E-state index in [0.717, 1.165) is 31.0 Å². The molecule has 0 spiro atoms. The maximum atomic E-state index is 5.84. The zero-order valence-corrected chi connectivity index (χ0v) is 14.7. The lowest BCUT2D eigenvalue weighted by Gasteiger charge is -2.13. The lowest BCUT2D eigenvalue weighted by atomic mass is 10.0. The molecule has 3 aromatic rings. The van der Waals surface area contributed by atoms with Crippen LogP contribution in [0.4, 0.5) is 0 Å².